The molecule has 0 fully saturated rings. The number of carboxylic acids is 1. The third-order valence-electron chi connectivity index (χ3n) is 3.56. The molecule has 0 aliphatic heterocycles. The van der Waals surface area contributed by atoms with Crippen molar-refractivity contribution in [3.8, 4) is 0 Å². The molecule has 0 saturated heterocycles. The van der Waals surface area contributed by atoms with Crippen LogP contribution in [0.3, 0.4) is 0 Å². The predicted molar refractivity (Wildman–Crippen MR) is 89.8 cm³/mol. The number of carbonyl (C=O) groups is 2. The summed E-state index contributed by atoms with van der Waals surface area (Å²) in [5.74, 6) is -1.08. The third-order valence-corrected chi connectivity index (χ3v) is 4.57. The molecule has 2 N–H and O–H groups in total. The van der Waals surface area contributed by atoms with Gasteiger partial charge in [0.2, 0.25) is 5.91 Å². The number of rotatable bonds is 7. The van der Waals surface area contributed by atoms with Crippen molar-refractivity contribution in [2.75, 3.05) is 0 Å². The van der Waals surface area contributed by atoms with E-state index in [0.717, 1.165) is 17.1 Å². The number of hydrogen-bond donors (Lipinski definition) is 2. The zero-order chi connectivity index (χ0) is 16.8. The van der Waals surface area contributed by atoms with Gasteiger partial charge >= 0.3 is 5.97 Å². The van der Waals surface area contributed by atoms with Crippen molar-refractivity contribution >= 4 is 23.2 Å². The SMILES string of the molecule is CCc1nc(C(C)NC(=O)CCc2ccccc2C(=O)O)cs1. The smallest absolute Gasteiger partial charge is 0.335 e. The maximum atomic E-state index is 12.1. The Bertz CT molecular complexity index is 697. The van der Waals surface area contributed by atoms with Crippen LogP contribution in [0.2, 0.25) is 0 Å². The van der Waals surface area contributed by atoms with Gasteiger partial charge in [0.05, 0.1) is 22.3 Å². The molecule has 1 amide bonds. The number of carboxylic acid groups (broad SMARTS) is 1. The number of aromatic nitrogens is 1. The second-order valence-electron chi connectivity index (χ2n) is 5.27. The van der Waals surface area contributed by atoms with E-state index in [9.17, 15) is 9.59 Å². The van der Waals surface area contributed by atoms with Crippen LogP contribution in [0.5, 0.6) is 0 Å². The molecule has 6 heteroatoms. The number of nitrogens with one attached hydrogen (secondary N) is 1. The fourth-order valence-corrected chi connectivity index (χ4v) is 3.11. The lowest BCUT2D eigenvalue weighted by atomic mass is 10.0. The fraction of sp³-hybridized carbons (Fsp3) is 0.353. The van der Waals surface area contributed by atoms with Crippen LogP contribution in [0.25, 0.3) is 0 Å². The van der Waals surface area contributed by atoms with E-state index in [-0.39, 0.29) is 23.9 Å². The molecule has 5 nitrogen and oxygen atoms in total. The summed E-state index contributed by atoms with van der Waals surface area (Å²) in [6.45, 7) is 3.95. The van der Waals surface area contributed by atoms with Crippen molar-refractivity contribution < 1.29 is 14.7 Å². The maximum absolute atomic E-state index is 12.1. The molecular formula is C17H20N2O3S. The number of carbonyl (C=O) groups excluding carboxylic acids is 1. The minimum absolute atomic E-state index is 0.108. The van der Waals surface area contributed by atoms with Crippen molar-refractivity contribution in [3.63, 3.8) is 0 Å². The van der Waals surface area contributed by atoms with Crippen molar-refractivity contribution in [1.82, 2.24) is 10.3 Å². The molecule has 1 unspecified atom stereocenters. The maximum Gasteiger partial charge on any atom is 0.335 e. The highest BCUT2D eigenvalue weighted by Crippen LogP contribution is 2.17. The number of nitrogens with zero attached hydrogens (tertiary/aromatic N) is 1. The van der Waals surface area contributed by atoms with Crippen LogP contribution >= 0.6 is 11.3 Å². The molecule has 2 aromatic rings. The zero-order valence-corrected chi connectivity index (χ0v) is 14.0. The van der Waals surface area contributed by atoms with Crippen molar-refractivity contribution in [1.29, 1.82) is 0 Å². The molecule has 122 valence electrons. The standard InChI is InChI=1S/C17H20N2O3S/c1-3-16-19-14(10-23-16)11(2)18-15(20)9-8-12-6-4-5-7-13(12)17(21)22/h4-7,10-11H,3,8-9H2,1-2H3,(H,18,20)(H,21,22). The summed E-state index contributed by atoms with van der Waals surface area (Å²) in [6.07, 6.45) is 1.54. The highest BCUT2D eigenvalue weighted by Gasteiger charge is 2.14. The number of benzene rings is 1. The van der Waals surface area contributed by atoms with E-state index >= 15 is 0 Å². The van der Waals surface area contributed by atoms with E-state index in [1.165, 1.54) is 0 Å². The Morgan fingerprint density at radius 3 is 2.74 bits per heavy atom. The molecule has 1 aromatic carbocycles. The Labute approximate surface area is 139 Å². The first-order valence-electron chi connectivity index (χ1n) is 7.56. The Balaban J connectivity index is 1.91. The number of aromatic carboxylic acids is 1. The Hall–Kier alpha value is -2.21. The third kappa shape index (κ3) is 4.63. The summed E-state index contributed by atoms with van der Waals surface area (Å²) in [5, 5.41) is 15.1. The summed E-state index contributed by atoms with van der Waals surface area (Å²) in [6, 6.07) is 6.62. The van der Waals surface area contributed by atoms with Gasteiger partial charge in [-0.2, -0.15) is 0 Å². The molecule has 23 heavy (non-hydrogen) atoms. The van der Waals surface area contributed by atoms with Gasteiger partial charge < -0.3 is 10.4 Å². The summed E-state index contributed by atoms with van der Waals surface area (Å²) in [4.78, 5) is 27.7. The van der Waals surface area contributed by atoms with Gasteiger partial charge in [-0.1, -0.05) is 25.1 Å². The molecule has 1 atom stereocenters. The molecule has 0 radical (unpaired) electrons. The lowest BCUT2D eigenvalue weighted by Crippen LogP contribution is -2.27. The van der Waals surface area contributed by atoms with Crippen molar-refractivity contribution in [3.05, 3.63) is 51.5 Å². The Morgan fingerprint density at radius 1 is 1.35 bits per heavy atom. The average Bonchev–Trinajstić information content (AvgIpc) is 3.02. The minimum atomic E-state index is -0.969. The summed E-state index contributed by atoms with van der Waals surface area (Å²) in [7, 11) is 0. The van der Waals surface area contributed by atoms with Crippen LogP contribution in [0.15, 0.2) is 29.6 Å². The lowest BCUT2D eigenvalue weighted by molar-refractivity contribution is -0.121. The highest BCUT2D eigenvalue weighted by molar-refractivity contribution is 7.09. The molecule has 2 rings (SSSR count). The monoisotopic (exact) mass is 332 g/mol. The van der Waals surface area contributed by atoms with E-state index in [1.54, 1.807) is 35.6 Å². The van der Waals surface area contributed by atoms with Crippen LogP contribution < -0.4 is 5.32 Å². The van der Waals surface area contributed by atoms with E-state index < -0.39 is 5.97 Å². The first-order chi connectivity index (χ1) is 11.0. The van der Waals surface area contributed by atoms with E-state index in [4.69, 9.17) is 5.11 Å². The van der Waals surface area contributed by atoms with Gasteiger partial charge in [-0.05, 0) is 31.4 Å². The van der Waals surface area contributed by atoms with Crippen LogP contribution in [-0.2, 0) is 17.6 Å². The molecule has 1 aromatic heterocycles. The number of aryl methyl sites for hydroxylation is 2. The number of amides is 1. The van der Waals surface area contributed by atoms with Crippen LogP contribution in [0, 0.1) is 0 Å². The molecule has 0 aliphatic carbocycles. The average molecular weight is 332 g/mol. The molecule has 0 saturated carbocycles. The molecule has 0 spiro atoms. The number of thiazole rings is 1. The van der Waals surface area contributed by atoms with Crippen molar-refractivity contribution in [2.45, 2.75) is 39.2 Å². The normalized spacial score (nSPS) is 11.9. The Kier molecular flexibility index (Phi) is 5.87. The van der Waals surface area contributed by atoms with Crippen LogP contribution in [0.4, 0.5) is 0 Å². The number of hydrogen-bond acceptors (Lipinski definition) is 4. The minimum Gasteiger partial charge on any atom is -0.478 e. The largest absolute Gasteiger partial charge is 0.478 e. The van der Waals surface area contributed by atoms with Gasteiger partial charge in [0, 0.05) is 11.8 Å². The first kappa shape index (κ1) is 17.1. The summed E-state index contributed by atoms with van der Waals surface area (Å²) in [5.41, 5.74) is 1.79. The van der Waals surface area contributed by atoms with Gasteiger partial charge in [0.25, 0.3) is 0 Å². The van der Waals surface area contributed by atoms with Crippen LogP contribution in [-0.4, -0.2) is 22.0 Å². The van der Waals surface area contributed by atoms with Crippen LogP contribution in [0.1, 0.15) is 52.9 Å². The van der Waals surface area contributed by atoms with Gasteiger partial charge in [-0.3, -0.25) is 4.79 Å². The predicted octanol–water partition coefficient (Wildman–Crippen LogP) is 3.21. The van der Waals surface area contributed by atoms with E-state index in [2.05, 4.69) is 10.3 Å². The van der Waals surface area contributed by atoms with Gasteiger partial charge in [0.15, 0.2) is 0 Å². The van der Waals surface area contributed by atoms with E-state index in [1.807, 2.05) is 19.2 Å². The molecular weight excluding hydrogens is 312 g/mol. The van der Waals surface area contributed by atoms with E-state index in [0.29, 0.717) is 12.0 Å². The zero-order valence-electron chi connectivity index (χ0n) is 13.2. The molecule has 0 bridgehead atoms. The van der Waals surface area contributed by atoms with Gasteiger partial charge in [-0.15, -0.1) is 11.3 Å². The summed E-state index contributed by atoms with van der Waals surface area (Å²) < 4.78 is 0. The van der Waals surface area contributed by atoms with Gasteiger partial charge in [-0.25, -0.2) is 9.78 Å². The Morgan fingerprint density at radius 2 is 2.09 bits per heavy atom. The quantitative estimate of drug-likeness (QED) is 0.816. The second kappa shape index (κ2) is 7.87. The highest BCUT2D eigenvalue weighted by atomic mass is 32.1. The summed E-state index contributed by atoms with van der Waals surface area (Å²) >= 11 is 1.59. The molecule has 0 aliphatic rings. The molecule has 1 heterocycles. The van der Waals surface area contributed by atoms with Gasteiger partial charge in [0.1, 0.15) is 0 Å². The topological polar surface area (TPSA) is 79.3 Å². The second-order valence-corrected chi connectivity index (χ2v) is 6.21. The van der Waals surface area contributed by atoms with Crippen molar-refractivity contribution in [2.24, 2.45) is 0 Å². The fourth-order valence-electron chi connectivity index (χ4n) is 2.27. The lowest BCUT2D eigenvalue weighted by Gasteiger charge is -2.12. The first-order valence-corrected chi connectivity index (χ1v) is 8.44.